The predicted octanol–water partition coefficient (Wildman–Crippen LogP) is 6.23. The van der Waals surface area contributed by atoms with E-state index in [0.717, 1.165) is 39.9 Å². The molecule has 0 fully saturated rings. The van der Waals surface area contributed by atoms with Crippen LogP contribution in [0.1, 0.15) is 55.5 Å². The van der Waals surface area contributed by atoms with Gasteiger partial charge in [0.2, 0.25) is 11.8 Å². The highest BCUT2D eigenvalue weighted by molar-refractivity contribution is 6.30. The molecule has 206 valence electrons. The molecule has 2 aliphatic rings. The van der Waals surface area contributed by atoms with E-state index in [2.05, 4.69) is 5.32 Å². The highest BCUT2D eigenvalue weighted by Crippen LogP contribution is 2.36. The van der Waals surface area contributed by atoms with Gasteiger partial charge in [-0.25, -0.2) is 0 Å². The fraction of sp³-hybridized carbons (Fsp3) is 0.312. The Kier molecular flexibility index (Phi) is 8.31. The number of esters is 1. The lowest BCUT2D eigenvalue weighted by Crippen LogP contribution is -2.38. The molecule has 2 atom stereocenters. The minimum atomic E-state index is -0.347. The number of amides is 2. The van der Waals surface area contributed by atoms with E-state index in [1.165, 1.54) is 7.11 Å². The molecule has 0 spiro atoms. The summed E-state index contributed by atoms with van der Waals surface area (Å²) in [5.41, 5.74) is 5.83. The molecule has 2 aliphatic heterocycles. The van der Waals surface area contributed by atoms with Crippen molar-refractivity contribution in [2.75, 3.05) is 19.0 Å². The summed E-state index contributed by atoms with van der Waals surface area (Å²) in [6.07, 6.45) is 6.42. The van der Waals surface area contributed by atoms with Crippen LogP contribution < -0.4 is 5.32 Å². The maximum absolute atomic E-state index is 13.5. The van der Waals surface area contributed by atoms with E-state index in [9.17, 15) is 14.4 Å². The van der Waals surface area contributed by atoms with E-state index in [1.807, 2.05) is 66.4 Å². The maximum Gasteiger partial charge on any atom is 0.309 e. The number of hydrogen-bond acceptors (Lipinski definition) is 5. The average molecular weight is 558 g/mol. The standard InChI is InChI=1S/C32H32ClN3O4/c1-20-5-3-8-29(36-14-12-23(19-30(36)37)22-6-4-7-25(33)17-22)28-18-24(11-13-34-28)26-10-9-21(16-31(38)40-2)15-27(26)35-32(20)39/h4,6-7,9-11,13,15,17-20,29H,3,5,8,12,14,16H2,1-2H3,(H,35,39)/t20-,29+/m1/s1. The monoisotopic (exact) mass is 557 g/mol. The van der Waals surface area contributed by atoms with Crippen LogP contribution in [0.5, 0.6) is 0 Å². The summed E-state index contributed by atoms with van der Waals surface area (Å²) < 4.78 is 4.82. The molecule has 0 saturated carbocycles. The van der Waals surface area contributed by atoms with Gasteiger partial charge in [-0.1, -0.05) is 49.2 Å². The number of benzene rings is 2. The van der Waals surface area contributed by atoms with Crippen molar-refractivity contribution in [3.8, 4) is 11.1 Å². The third-order valence-electron chi connectivity index (χ3n) is 7.69. The summed E-state index contributed by atoms with van der Waals surface area (Å²) in [6.45, 7) is 2.48. The lowest BCUT2D eigenvalue weighted by atomic mass is 9.92. The summed E-state index contributed by atoms with van der Waals surface area (Å²) in [6, 6.07) is 16.9. The molecule has 0 saturated heterocycles. The van der Waals surface area contributed by atoms with Crippen LogP contribution in [-0.2, 0) is 25.5 Å². The lowest BCUT2D eigenvalue weighted by molar-refractivity contribution is -0.139. The van der Waals surface area contributed by atoms with Crippen molar-refractivity contribution in [2.45, 2.75) is 45.1 Å². The minimum absolute atomic E-state index is 0.0517. The van der Waals surface area contributed by atoms with Crippen molar-refractivity contribution >= 4 is 40.6 Å². The lowest BCUT2D eigenvalue weighted by Gasteiger charge is -2.34. The summed E-state index contributed by atoms with van der Waals surface area (Å²) in [5.74, 6) is -0.703. The molecule has 2 bridgehead atoms. The number of carbonyl (C=O) groups excluding carboxylic acids is 3. The van der Waals surface area contributed by atoms with E-state index < -0.39 is 0 Å². The van der Waals surface area contributed by atoms with Gasteiger partial charge in [0.15, 0.2) is 0 Å². The van der Waals surface area contributed by atoms with Crippen molar-refractivity contribution in [2.24, 2.45) is 5.92 Å². The summed E-state index contributed by atoms with van der Waals surface area (Å²) in [7, 11) is 1.36. The highest BCUT2D eigenvalue weighted by atomic mass is 35.5. The molecule has 2 aromatic carbocycles. The number of carbonyl (C=O) groups is 3. The third-order valence-corrected chi connectivity index (χ3v) is 7.92. The van der Waals surface area contributed by atoms with Crippen LogP contribution in [0.25, 0.3) is 16.7 Å². The zero-order valence-electron chi connectivity index (χ0n) is 22.7. The zero-order chi connectivity index (χ0) is 28.2. The minimum Gasteiger partial charge on any atom is -0.469 e. The number of nitrogens with zero attached hydrogens (tertiary/aromatic N) is 2. The van der Waals surface area contributed by atoms with Gasteiger partial charge in [-0.15, -0.1) is 0 Å². The second-order valence-electron chi connectivity index (χ2n) is 10.4. The SMILES string of the molecule is COC(=O)Cc1ccc2c(c1)NC(=O)[C@H](C)CCC[C@H](N1CCC(c3cccc(Cl)c3)=CC1=O)c1cc-2ccn1. The molecule has 7 nitrogen and oxygen atoms in total. The van der Waals surface area contributed by atoms with E-state index in [4.69, 9.17) is 21.3 Å². The molecule has 1 aromatic heterocycles. The van der Waals surface area contributed by atoms with Crippen LogP contribution in [0.2, 0.25) is 5.02 Å². The van der Waals surface area contributed by atoms with E-state index in [0.29, 0.717) is 36.5 Å². The quantitative estimate of drug-likeness (QED) is 0.384. The number of aromatic nitrogens is 1. The smallest absolute Gasteiger partial charge is 0.309 e. The fourth-order valence-electron chi connectivity index (χ4n) is 5.44. The highest BCUT2D eigenvalue weighted by Gasteiger charge is 2.30. The number of fused-ring (bicyclic) bond motifs is 4. The molecule has 2 amide bonds. The van der Waals surface area contributed by atoms with Crippen LogP contribution in [0.4, 0.5) is 5.69 Å². The van der Waals surface area contributed by atoms with Crippen LogP contribution >= 0.6 is 11.6 Å². The first-order valence-electron chi connectivity index (χ1n) is 13.6. The van der Waals surface area contributed by atoms with Gasteiger partial charge in [-0.3, -0.25) is 19.4 Å². The third kappa shape index (κ3) is 6.10. The van der Waals surface area contributed by atoms with E-state index >= 15 is 0 Å². The van der Waals surface area contributed by atoms with Gasteiger partial charge in [-0.2, -0.15) is 0 Å². The summed E-state index contributed by atoms with van der Waals surface area (Å²) >= 11 is 6.19. The van der Waals surface area contributed by atoms with Gasteiger partial charge in [-0.05, 0) is 71.9 Å². The molecular weight excluding hydrogens is 526 g/mol. The number of anilines is 1. The Morgan fingerprint density at radius 3 is 2.73 bits per heavy atom. The molecule has 3 aromatic rings. The first-order valence-corrected chi connectivity index (χ1v) is 13.9. The van der Waals surface area contributed by atoms with Crippen LogP contribution in [-0.4, -0.2) is 41.3 Å². The Morgan fingerprint density at radius 2 is 1.95 bits per heavy atom. The van der Waals surface area contributed by atoms with Gasteiger partial charge < -0.3 is 15.0 Å². The van der Waals surface area contributed by atoms with Gasteiger partial charge in [0.05, 0.1) is 25.3 Å². The van der Waals surface area contributed by atoms with Gasteiger partial charge in [0.25, 0.3) is 0 Å². The van der Waals surface area contributed by atoms with E-state index in [-0.39, 0.29) is 36.2 Å². The number of rotatable bonds is 4. The number of halogens is 1. The molecule has 1 N–H and O–H groups in total. The fourth-order valence-corrected chi connectivity index (χ4v) is 5.63. The van der Waals surface area contributed by atoms with Crippen molar-refractivity contribution in [3.63, 3.8) is 0 Å². The Balaban J connectivity index is 1.51. The largest absolute Gasteiger partial charge is 0.469 e. The van der Waals surface area contributed by atoms with Crippen molar-refractivity contribution in [1.82, 2.24) is 9.88 Å². The van der Waals surface area contributed by atoms with Gasteiger partial charge >= 0.3 is 5.97 Å². The topological polar surface area (TPSA) is 88.6 Å². The number of nitrogens with one attached hydrogen (secondary N) is 1. The molecule has 5 rings (SSSR count). The Hall–Kier alpha value is -3.97. The Bertz CT molecular complexity index is 1480. The normalized spacial score (nSPS) is 19.5. The number of ether oxygens (including phenoxy) is 1. The molecule has 0 unspecified atom stereocenters. The van der Waals surface area contributed by atoms with Crippen molar-refractivity contribution in [1.29, 1.82) is 0 Å². The molecule has 3 heterocycles. The van der Waals surface area contributed by atoms with Crippen molar-refractivity contribution in [3.05, 3.63) is 88.7 Å². The maximum atomic E-state index is 13.5. The molecule has 40 heavy (non-hydrogen) atoms. The predicted molar refractivity (Wildman–Crippen MR) is 156 cm³/mol. The second kappa shape index (κ2) is 12.0. The molecular formula is C32H32ClN3O4. The number of hydrogen-bond donors (Lipinski definition) is 1. The first kappa shape index (κ1) is 27.6. The van der Waals surface area contributed by atoms with Crippen LogP contribution in [0.15, 0.2) is 66.9 Å². The molecule has 8 heteroatoms. The van der Waals surface area contributed by atoms with Crippen molar-refractivity contribution < 1.29 is 19.1 Å². The summed E-state index contributed by atoms with van der Waals surface area (Å²) in [4.78, 5) is 45.1. The number of methoxy groups -OCH3 is 1. The molecule has 0 radical (unpaired) electrons. The van der Waals surface area contributed by atoms with Gasteiger partial charge in [0, 0.05) is 41.0 Å². The average Bonchev–Trinajstić information content (AvgIpc) is 2.95. The Labute approximate surface area is 239 Å². The molecule has 0 aliphatic carbocycles. The summed E-state index contributed by atoms with van der Waals surface area (Å²) in [5, 5.41) is 3.72. The first-order chi connectivity index (χ1) is 19.3. The van der Waals surface area contributed by atoms with E-state index in [1.54, 1.807) is 12.3 Å². The Morgan fingerprint density at radius 1 is 1.10 bits per heavy atom. The second-order valence-corrected chi connectivity index (χ2v) is 10.8. The number of pyridine rings is 1. The van der Waals surface area contributed by atoms with Gasteiger partial charge in [0.1, 0.15) is 0 Å². The van der Waals surface area contributed by atoms with Crippen LogP contribution in [0.3, 0.4) is 0 Å². The van der Waals surface area contributed by atoms with Crippen LogP contribution in [0, 0.1) is 5.92 Å². The zero-order valence-corrected chi connectivity index (χ0v) is 23.4.